The molecule has 0 aliphatic heterocycles. The van der Waals surface area contributed by atoms with E-state index in [4.69, 9.17) is 22.1 Å². The molecule has 0 saturated carbocycles. The molecule has 0 spiro atoms. The molecule has 0 heterocycles. The lowest BCUT2D eigenvalue weighted by molar-refractivity contribution is -0.119. The van der Waals surface area contributed by atoms with Crippen LogP contribution in [0.3, 0.4) is 0 Å². The molecule has 2 aromatic carbocycles. The molecule has 144 valence electrons. The number of ether oxygens (including phenoxy) is 1. The van der Waals surface area contributed by atoms with E-state index in [0.717, 1.165) is 4.31 Å². The molecule has 0 bridgehead atoms. The third-order valence-electron chi connectivity index (χ3n) is 3.46. The number of hydrogen-bond donors (Lipinski definition) is 2. The first-order valence-electron chi connectivity index (χ1n) is 7.66. The number of hydrogen-bond acceptors (Lipinski definition) is 6. The quantitative estimate of drug-likeness (QED) is 0.554. The highest BCUT2D eigenvalue weighted by Gasteiger charge is 2.18. The zero-order chi connectivity index (χ0) is 20.2. The van der Waals surface area contributed by atoms with E-state index in [-0.39, 0.29) is 21.8 Å². The van der Waals surface area contributed by atoms with E-state index >= 15 is 0 Å². The lowest BCUT2D eigenvalue weighted by Crippen LogP contribution is -2.23. The molecule has 0 radical (unpaired) electrons. The normalized spacial score (nSPS) is 11.3. The minimum atomic E-state index is -3.63. The lowest BCUT2D eigenvalue weighted by Gasteiger charge is -2.13. The average molecular weight is 412 g/mol. The summed E-state index contributed by atoms with van der Waals surface area (Å²) in [5.41, 5.74) is 6.16. The first-order chi connectivity index (χ1) is 12.6. The van der Waals surface area contributed by atoms with Gasteiger partial charge in [0, 0.05) is 30.5 Å². The molecule has 0 aromatic heterocycles. The van der Waals surface area contributed by atoms with Crippen LogP contribution < -0.4 is 11.1 Å². The Kier molecular flexibility index (Phi) is 6.42. The predicted octanol–water partition coefficient (Wildman–Crippen LogP) is 1.97. The standard InChI is InChI=1S/C17H18ClN3O5S/c1-21(2)27(24,25)13-5-3-4-12(9-13)20-16(22)10-26-17(23)14-7-6-11(18)8-15(14)19/h3-9H,10,19H2,1-2H3,(H,20,22). The van der Waals surface area contributed by atoms with Gasteiger partial charge in [0.1, 0.15) is 0 Å². The van der Waals surface area contributed by atoms with E-state index in [1.54, 1.807) is 0 Å². The van der Waals surface area contributed by atoms with Gasteiger partial charge in [0.15, 0.2) is 6.61 Å². The van der Waals surface area contributed by atoms with Crippen LogP contribution in [0.25, 0.3) is 0 Å². The minimum absolute atomic E-state index is 0.0243. The van der Waals surface area contributed by atoms with Gasteiger partial charge in [0.25, 0.3) is 5.91 Å². The maximum atomic E-state index is 12.1. The maximum absolute atomic E-state index is 12.1. The summed E-state index contributed by atoms with van der Waals surface area (Å²) in [5.74, 6) is -1.40. The number of carbonyl (C=O) groups excluding carboxylic acids is 2. The van der Waals surface area contributed by atoms with E-state index in [2.05, 4.69) is 5.32 Å². The number of carbonyl (C=O) groups is 2. The summed E-state index contributed by atoms with van der Waals surface area (Å²) in [7, 11) is -0.823. The number of nitrogens with two attached hydrogens (primary N) is 1. The van der Waals surface area contributed by atoms with Crippen LogP contribution in [0.4, 0.5) is 11.4 Å². The Labute approximate surface area is 161 Å². The highest BCUT2D eigenvalue weighted by molar-refractivity contribution is 7.89. The van der Waals surface area contributed by atoms with E-state index in [1.165, 1.54) is 56.6 Å². The van der Waals surface area contributed by atoms with Crippen molar-refractivity contribution in [2.75, 3.05) is 31.8 Å². The Balaban J connectivity index is 2.01. The molecule has 0 unspecified atom stereocenters. The number of sulfonamides is 1. The summed E-state index contributed by atoms with van der Waals surface area (Å²) in [6, 6.07) is 10.0. The molecule has 0 saturated heterocycles. The molecule has 0 aliphatic carbocycles. The van der Waals surface area contributed by atoms with Crippen molar-refractivity contribution in [1.29, 1.82) is 0 Å². The molecule has 10 heteroatoms. The Bertz CT molecular complexity index is 976. The van der Waals surface area contributed by atoms with Gasteiger partial charge in [-0.15, -0.1) is 0 Å². The van der Waals surface area contributed by atoms with Crippen molar-refractivity contribution >= 4 is 44.9 Å². The summed E-state index contributed by atoms with van der Waals surface area (Å²) in [4.78, 5) is 24.0. The van der Waals surface area contributed by atoms with Crippen molar-refractivity contribution < 1.29 is 22.7 Å². The first kappa shape index (κ1) is 20.7. The van der Waals surface area contributed by atoms with Crippen molar-refractivity contribution in [3.63, 3.8) is 0 Å². The van der Waals surface area contributed by atoms with Gasteiger partial charge in [-0.3, -0.25) is 4.79 Å². The molecule has 2 rings (SSSR count). The minimum Gasteiger partial charge on any atom is -0.452 e. The predicted molar refractivity (Wildman–Crippen MR) is 102 cm³/mol. The van der Waals surface area contributed by atoms with Crippen LogP contribution in [0.2, 0.25) is 5.02 Å². The van der Waals surface area contributed by atoms with Crippen LogP contribution >= 0.6 is 11.6 Å². The molecule has 0 atom stereocenters. The summed E-state index contributed by atoms with van der Waals surface area (Å²) in [6.45, 7) is -0.564. The van der Waals surface area contributed by atoms with Gasteiger partial charge in [-0.05, 0) is 36.4 Å². The van der Waals surface area contributed by atoms with Crippen LogP contribution in [0.1, 0.15) is 10.4 Å². The number of esters is 1. The maximum Gasteiger partial charge on any atom is 0.340 e. The average Bonchev–Trinajstić information content (AvgIpc) is 2.59. The van der Waals surface area contributed by atoms with E-state index in [9.17, 15) is 18.0 Å². The first-order valence-corrected chi connectivity index (χ1v) is 9.47. The number of nitrogens with zero attached hydrogens (tertiary/aromatic N) is 1. The lowest BCUT2D eigenvalue weighted by atomic mass is 10.2. The van der Waals surface area contributed by atoms with E-state index in [0.29, 0.717) is 5.02 Å². The Morgan fingerprint density at radius 1 is 1.19 bits per heavy atom. The van der Waals surface area contributed by atoms with E-state index < -0.39 is 28.5 Å². The van der Waals surface area contributed by atoms with Crippen molar-refractivity contribution in [3.8, 4) is 0 Å². The zero-order valence-corrected chi connectivity index (χ0v) is 16.2. The monoisotopic (exact) mass is 411 g/mol. The van der Waals surface area contributed by atoms with Crippen molar-refractivity contribution in [2.45, 2.75) is 4.90 Å². The highest BCUT2D eigenvalue weighted by Crippen LogP contribution is 2.19. The van der Waals surface area contributed by atoms with Gasteiger partial charge in [-0.1, -0.05) is 17.7 Å². The summed E-state index contributed by atoms with van der Waals surface area (Å²) in [5, 5.41) is 2.84. The number of amides is 1. The van der Waals surface area contributed by atoms with Gasteiger partial charge in [0.2, 0.25) is 10.0 Å². The molecule has 3 N–H and O–H groups in total. The Hall–Kier alpha value is -2.62. The second kappa shape index (κ2) is 8.38. The molecule has 0 aliphatic rings. The van der Waals surface area contributed by atoms with Crippen molar-refractivity contribution in [1.82, 2.24) is 4.31 Å². The molecule has 0 fully saturated rings. The van der Waals surface area contributed by atoms with Crippen molar-refractivity contribution in [3.05, 3.63) is 53.1 Å². The number of benzene rings is 2. The van der Waals surface area contributed by atoms with Crippen LogP contribution in [0.15, 0.2) is 47.4 Å². The molecule has 2 aromatic rings. The third-order valence-corrected chi connectivity index (χ3v) is 5.51. The highest BCUT2D eigenvalue weighted by atomic mass is 35.5. The van der Waals surface area contributed by atoms with Gasteiger partial charge in [0.05, 0.1) is 10.5 Å². The number of anilines is 2. The number of nitrogen functional groups attached to an aromatic ring is 1. The van der Waals surface area contributed by atoms with Crippen molar-refractivity contribution in [2.24, 2.45) is 0 Å². The largest absolute Gasteiger partial charge is 0.452 e. The number of nitrogens with one attached hydrogen (secondary N) is 1. The van der Waals surface area contributed by atoms with Crippen LogP contribution in [-0.4, -0.2) is 45.3 Å². The molecule has 1 amide bonds. The summed E-state index contributed by atoms with van der Waals surface area (Å²) >= 11 is 5.76. The molecular weight excluding hydrogens is 394 g/mol. The van der Waals surface area contributed by atoms with Gasteiger partial charge in [-0.25, -0.2) is 17.5 Å². The third kappa shape index (κ3) is 5.19. The number of rotatable bonds is 6. The second-order valence-electron chi connectivity index (χ2n) is 5.67. The SMILES string of the molecule is CN(C)S(=O)(=O)c1cccc(NC(=O)COC(=O)c2ccc(Cl)cc2N)c1. The van der Waals surface area contributed by atoms with Crippen LogP contribution in [0, 0.1) is 0 Å². The summed E-state index contributed by atoms with van der Waals surface area (Å²) < 4.78 is 30.2. The van der Waals surface area contributed by atoms with Crippen LogP contribution in [0.5, 0.6) is 0 Å². The molecule has 27 heavy (non-hydrogen) atoms. The van der Waals surface area contributed by atoms with Gasteiger partial charge in [-0.2, -0.15) is 0 Å². The molecule has 8 nitrogen and oxygen atoms in total. The summed E-state index contributed by atoms with van der Waals surface area (Å²) in [6.07, 6.45) is 0. The van der Waals surface area contributed by atoms with E-state index in [1.807, 2.05) is 0 Å². The second-order valence-corrected chi connectivity index (χ2v) is 8.26. The van der Waals surface area contributed by atoms with Gasteiger partial charge < -0.3 is 15.8 Å². The fourth-order valence-electron chi connectivity index (χ4n) is 2.07. The fourth-order valence-corrected chi connectivity index (χ4v) is 3.20. The Morgan fingerprint density at radius 2 is 1.89 bits per heavy atom. The number of halogens is 1. The smallest absolute Gasteiger partial charge is 0.340 e. The topological polar surface area (TPSA) is 119 Å². The van der Waals surface area contributed by atoms with Crippen LogP contribution in [-0.2, 0) is 19.6 Å². The fraction of sp³-hybridized carbons (Fsp3) is 0.176. The Morgan fingerprint density at radius 3 is 2.52 bits per heavy atom. The van der Waals surface area contributed by atoms with Gasteiger partial charge >= 0.3 is 5.97 Å². The zero-order valence-electron chi connectivity index (χ0n) is 14.6. The molecular formula is C17H18ClN3O5S.